The first-order chi connectivity index (χ1) is 13.3. The molecular formula is C26H62F4O5. The molecule has 0 radical (unpaired) electrons. The number of aliphatic hydroxyl groups is 1. The molecule has 9 heteroatoms. The van der Waals surface area contributed by atoms with Crippen molar-refractivity contribution in [2.75, 3.05) is 26.4 Å². The van der Waals surface area contributed by atoms with Crippen LogP contribution in [0.5, 0.6) is 0 Å². The van der Waals surface area contributed by atoms with Gasteiger partial charge in [-0.1, -0.05) is 71.9 Å². The van der Waals surface area contributed by atoms with Gasteiger partial charge in [-0.05, 0) is 40.0 Å². The highest BCUT2D eigenvalue weighted by Crippen LogP contribution is 2.35. The van der Waals surface area contributed by atoms with Gasteiger partial charge in [0.25, 0.3) is 0 Å². The number of carbonyl (C=O) groups is 1. The molecule has 224 valence electrons. The smallest absolute Gasteiger partial charge is 0.422 e. The van der Waals surface area contributed by atoms with Crippen molar-refractivity contribution in [2.24, 2.45) is 0 Å². The molecule has 0 aromatic heterocycles. The third-order valence-corrected chi connectivity index (χ3v) is 3.80. The van der Waals surface area contributed by atoms with E-state index in [1.807, 2.05) is 20.8 Å². The van der Waals surface area contributed by atoms with Crippen LogP contribution >= 0.6 is 0 Å². The van der Waals surface area contributed by atoms with E-state index in [-0.39, 0.29) is 57.3 Å². The van der Waals surface area contributed by atoms with Gasteiger partial charge >= 0.3 is 12.1 Å². The van der Waals surface area contributed by atoms with Crippen molar-refractivity contribution in [1.29, 1.82) is 0 Å². The molecule has 0 aromatic rings. The molecule has 0 saturated carbocycles. The van der Waals surface area contributed by atoms with E-state index in [2.05, 4.69) is 13.5 Å². The number of halogens is 4. The van der Waals surface area contributed by atoms with E-state index in [1.54, 1.807) is 0 Å². The Morgan fingerprint density at radius 3 is 1.46 bits per heavy atom. The van der Waals surface area contributed by atoms with E-state index in [9.17, 15) is 22.4 Å². The van der Waals surface area contributed by atoms with Crippen LogP contribution in [0.2, 0.25) is 0 Å². The number of rotatable bonds is 11. The van der Waals surface area contributed by atoms with E-state index in [0.29, 0.717) is 32.8 Å². The number of hydrogen-bond donors (Lipinski definition) is 1. The van der Waals surface area contributed by atoms with E-state index >= 15 is 0 Å². The Balaban J connectivity index is -0.0000000388. The van der Waals surface area contributed by atoms with Crippen LogP contribution in [0, 0.1) is 0 Å². The van der Waals surface area contributed by atoms with Crippen LogP contribution in [0.4, 0.5) is 17.6 Å². The summed E-state index contributed by atoms with van der Waals surface area (Å²) in [6, 6.07) is 0. The number of esters is 1. The van der Waals surface area contributed by atoms with Gasteiger partial charge in [-0.2, -0.15) is 13.2 Å². The predicted octanol–water partition coefficient (Wildman–Crippen LogP) is 8.83. The normalized spacial score (nSPS) is 12.3. The van der Waals surface area contributed by atoms with Gasteiger partial charge in [0.2, 0.25) is 5.67 Å². The van der Waals surface area contributed by atoms with Gasteiger partial charge in [0, 0.05) is 6.08 Å². The minimum atomic E-state index is -4.72. The molecule has 3 unspecified atom stereocenters. The molecule has 5 nitrogen and oxygen atoms in total. The first-order valence-electron chi connectivity index (χ1n) is 9.71. The Kier molecular flexibility index (Phi) is 59.1. The monoisotopic (exact) mass is 530 g/mol. The number of ether oxygens (including phenoxy) is 3. The van der Waals surface area contributed by atoms with E-state index in [4.69, 9.17) is 19.3 Å². The van der Waals surface area contributed by atoms with Gasteiger partial charge in [-0.25, -0.2) is 9.18 Å². The third kappa shape index (κ3) is 40.3. The zero-order valence-electron chi connectivity index (χ0n) is 18.5. The average molecular weight is 531 g/mol. The third-order valence-electron chi connectivity index (χ3n) is 3.80. The maximum Gasteiger partial charge on any atom is 0.422 e. The van der Waals surface area contributed by atoms with E-state index < -0.39 is 24.2 Å². The molecule has 0 heterocycles. The Hall–Kier alpha value is -1.19. The van der Waals surface area contributed by atoms with Crippen molar-refractivity contribution in [2.45, 2.75) is 129 Å². The van der Waals surface area contributed by atoms with Crippen molar-refractivity contribution in [3.05, 3.63) is 12.7 Å². The van der Waals surface area contributed by atoms with Gasteiger partial charge in [-0.3, -0.25) is 0 Å². The largest absolute Gasteiger partial charge is 0.460 e. The van der Waals surface area contributed by atoms with Crippen molar-refractivity contribution in [3.63, 3.8) is 0 Å². The fourth-order valence-corrected chi connectivity index (χ4v) is 1.14. The van der Waals surface area contributed by atoms with Crippen molar-refractivity contribution in [1.82, 2.24) is 0 Å². The molecule has 0 saturated heterocycles. The Bertz CT molecular complexity index is 404. The molecule has 1 N–H and O–H groups in total. The molecule has 0 spiro atoms. The van der Waals surface area contributed by atoms with Crippen LogP contribution in [0.3, 0.4) is 0 Å². The maximum atomic E-state index is 12.2. The number of carbonyl (C=O) groups excluding carboxylic acids is 1. The van der Waals surface area contributed by atoms with Crippen LogP contribution < -0.4 is 0 Å². The highest BCUT2D eigenvalue weighted by molar-refractivity contribution is 5.81. The summed E-state index contributed by atoms with van der Waals surface area (Å²) in [6.07, 6.45) is -1.61. The maximum absolute atomic E-state index is 12.2. The van der Waals surface area contributed by atoms with Gasteiger partial charge in [0.15, 0.2) is 0 Å². The van der Waals surface area contributed by atoms with Crippen LogP contribution in [0.1, 0.15) is 105 Å². The van der Waals surface area contributed by atoms with Gasteiger partial charge < -0.3 is 19.3 Å². The lowest BCUT2D eigenvalue weighted by Crippen LogP contribution is -2.36. The van der Waals surface area contributed by atoms with E-state index in [0.717, 1.165) is 25.8 Å². The Morgan fingerprint density at radius 1 is 0.857 bits per heavy atom. The van der Waals surface area contributed by atoms with Crippen molar-refractivity contribution < 1.29 is 41.7 Å². The summed E-state index contributed by atoms with van der Waals surface area (Å²) in [5.41, 5.74) is -3.02. The zero-order chi connectivity index (χ0) is 23.5. The summed E-state index contributed by atoms with van der Waals surface area (Å²) >= 11 is 0. The molecule has 0 amide bonds. The lowest BCUT2D eigenvalue weighted by atomic mass is 10.1. The number of aliphatic hydroxyl groups excluding tert-OH is 1. The fourth-order valence-electron chi connectivity index (χ4n) is 1.14. The highest BCUT2D eigenvalue weighted by atomic mass is 19.4. The minimum Gasteiger partial charge on any atom is -0.460 e. The quantitative estimate of drug-likeness (QED) is 0.125. The second-order valence-corrected chi connectivity index (χ2v) is 6.32. The molecular weight excluding hydrogens is 468 g/mol. The van der Waals surface area contributed by atoms with Crippen LogP contribution in [0.25, 0.3) is 0 Å². The number of alkyl halides is 4. The summed E-state index contributed by atoms with van der Waals surface area (Å²) in [5, 5.41) is 8.29. The summed E-state index contributed by atoms with van der Waals surface area (Å²) in [5.74, 6) is -0.400. The molecule has 0 aliphatic heterocycles. The van der Waals surface area contributed by atoms with Crippen LogP contribution in [0.15, 0.2) is 12.7 Å². The molecule has 0 aromatic carbocycles. The molecule has 0 rings (SSSR count). The second kappa shape index (κ2) is 35.0. The highest BCUT2D eigenvalue weighted by Gasteiger charge is 2.50. The summed E-state index contributed by atoms with van der Waals surface area (Å²) in [6.45, 7) is 14.4. The topological polar surface area (TPSA) is 65.0 Å². The van der Waals surface area contributed by atoms with E-state index in [1.165, 1.54) is 0 Å². The zero-order valence-corrected chi connectivity index (χ0v) is 18.5. The Morgan fingerprint density at radius 2 is 1.23 bits per heavy atom. The minimum absolute atomic E-state index is 0. The number of hydrogen-bond acceptors (Lipinski definition) is 5. The lowest BCUT2D eigenvalue weighted by Gasteiger charge is -2.20. The van der Waals surface area contributed by atoms with Gasteiger partial charge in [0.05, 0.1) is 32.0 Å². The van der Waals surface area contributed by atoms with Gasteiger partial charge in [0.1, 0.15) is 6.61 Å². The molecule has 0 fully saturated rings. The van der Waals surface area contributed by atoms with Crippen LogP contribution in [-0.4, -0.2) is 61.6 Å². The van der Waals surface area contributed by atoms with Crippen molar-refractivity contribution >= 4 is 5.97 Å². The van der Waals surface area contributed by atoms with Gasteiger partial charge in [-0.15, -0.1) is 0 Å². The molecule has 0 bridgehead atoms. The average Bonchev–Trinajstić information content (AvgIpc) is 2.68. The lowest BCUT2D eigenvalue weighted by molar-refractivity contribution is -0.224. The SMILES string of the molecule is C.C.C.C.C.C.C=CC(=O)OCCOC(C)CC.CCC(C)(F)C(F)(F)F.CCC(C)OCCO. The first kappa shape index (κ1) is 59.1. The summed E-state index contributed by atoms with van der Waals surface area (Å²) < 4.78 is 61.6. The Labute approximate surface area is 216 Å². The van der Waals surface area contributed by atoms with Crippen LogP contribution in [-0.2, 0) is 19.0 Å². The standard InChI is InChI=1S/C9H16O3.C6H14O2.C5H8F4.6CH4/c1-4-8(3)11-6-7-12-9(10)5-2;1-3-6(2)8-5-4-7;1-3-4(2,6)5(7,8)9;;;;;;/h5,8H,2,4,6-7H2,1,3H3;6-7H,3-5H2,1-2H3;3H2,1-2H3;6*1H4. The first-order valence-corrected chi connectivity index (χ1v) is 9.71. The second-order valence-electron chi connectivity index (χ2n) is 6.32. The predicted molar refractivity (Wildman–Crippen MR) is 146 cm³/mol. The molecule has 3 atom stereocenters. The summed E-state index contributed by atoms with van der Waals surface area (Å²) in [7, 11) is 0. The summed E-state index contributed by atoms with van der Waals surface area (Å²) in [4.78, 5) is 10.5. The van der Waals surface area contributed by atoms with Crippen molar-refractivity contribution in [3.8, 4) is 0 Å². The molecule has 35 heavy (non-hydrogen) atoms. The fraction of sp³-hybridized carbons (Fsp3) is 0.885. The molecule has 0 aliphatic rings. The molecule has 0 aliphatic carbocycles.